The molecular formula is C21H25N5. The number of imidazole rings is 1. The predicted molar refractivity (Wildman–Crippen MR) is 102 cm³/mol. The van der Waals surface area contributed by atoms with Crippen LogP contribution in [-0.4, -0.2) is 31.4 Å². The van der Waals surface area contributed by atoms with Crippen molar-refractivity contribution in [3.63, 3.8) is 0 Å². The monoisotopic (exact) mass is 347 g/mol. The summed E-state index contributed by atoms with van der Waals surface area (Å²) >= 11 is 0. The van der Waals surface area contributed by atoms with Crippen molar-refractivity contribution in [2.24, 2.45) is 0 Å². The first kappa shape index (κ1) is 16.9. The zero-order valence-electron chi connectivity index (χ0n) is 15.4. The number of nitrogens with zero attached hydrogens (tertiary/aromatic N) is 4. The van der Waals surface area contributed by atoms with Crippen molar-refractivity contribution >= 4 is 0 Å². The van der Waals surface area contributed by atoms with E-state index in [1.807, 2.05) is 18.6 Å². The molecule has 5 heteroatoms. The Hall–Kier alpha value is -2.53. The SMILES string of the molecule is CC(C)c1nccc(CN2CCc3[nH]cnc3[C@@H]2Cc2ccccc2)n1. The van der Waals surface area contributed by atoms with E-state index in [1.54, 1.807) is 0 Å². The number of hydrogen-bond acceptors (Lipinski definition) is 4. The fraction of sp³-hybridized carbons (Fsp3) is 0.381. The number of rotatable bonds is 5. The van der Waals surface area contributed by atoms with Gasteiger partial charge in [0, 0.05) is 37.3 Å². The average Bonchev–Trinajstić information content (AvgIpc) is 3.14. The second-order valence-corrected chi connectivity index (χ2v) is 7.25. The first-order valence-corrected chi connectivity index (χ1v) is 9.32. The largest absolute Gasteiger partial charge is 0.348 e. The fourth-order valence-corrected chi connectivity index (χ4v) is 3.64. The van der Waals surface area contributed by atoms with Gasteiger partial charge in [-0.2, -0.15) is 0 Å². The molecule has 1 aliphatic rings. The van der Waals surface area contributed by atoms with E-state index in [1.165, 1.54) is 17.0 Å². The molecule has 1 aromatic carbocycles. The molecule has 1 N–H and O–H groups in total. The number of fused-ring (bicyclic) bond motifs is 1. The highest BCUT2D eigenvalue weighted by Crippen LogP contribution is 2.31. The van der Waals surface area contributed by atoms with Gasteiger partial charge in [-0.05, 0) is 18.1 Å². The molecule has 3 aromatic rings. The van der Waals surface area contributed by atoms with Crippen LogP contribution in [0.3, 0.4) is 0 Å². The van der Waals surface area contributed by atoms with E-state index in [4.69, 9.17) is 4.98 Å². The van der Waals surface area contributed by atoms with Crippen molar-refractivity contribution in [3.8, 4) is 0 Å². The molecule has 3 heterocycles. The van der Waals surface area contributed by atoms with Crippen LogP contribution in [0.4, 0.5) is 0 Å². The van der Waals surface area contributed by atoms with Crippen molar-refractivity contribution in [1.82, 2.24) is 24.8 Å². The average molecular weight is 347 g/mol. The summed E-state index contributed by atoms with van der Waals surface area (Å²) in [4.78, 5) is 19.6. The van der Waals surface area contributed by atoms with Gasteiger partial charge in [0.2, 0.25) is 0 Å². The van der Waals surface area contributed by atoms with E-state index >= 15 is 0 Å². The lowest BCUT2D eigenvalue weighted by Crippen LogP contribution is -2.36. The van der Waals surface area contributed by atoms with Crippen LogP contribution in [0.25, 0.3) is 0 Å². The van der Waals surface area contributed by atoms with E-state index in [0.717, 1.165) is 37.4 Å². The van der Waals surface area contributed by atoms with Crippen molar-refractivity contribution < 1.29 is 0 Å². The molecule has 1 aliphatic heterocycles. The second kappa shape index (κ2) is 7.38. The number of aromatic amines is 1. The second-order valence-electron chi connectivity index (χ2n) is 7.25. The minimum absolute atomic E-state index is 0.268. The highest BCUT2D eigenvalue weighted by atomic mass is 15.2. The van der Waals surface area contributed by atoms with Crippen LogP contribution in [-0.2, 0) is 19.4 Å². The third-order valence-electron chi connectivity index (χ3n) is 5.04. The summed E-state index contributed by atoms with van der Waals surface area (Å²) in [5.74, 6) is 1.26. The molecule has 0 aliphatic carbocycles. The Morgan fingerprint density at radius 2 is 2.00 bits per heavy atom. The molecule has 0 saturated heterocycles. The lowest BCUT2D eigenvalue weighted by molar-refractivity contribution is 0.168. The predicted octanol–water partition coefficient (Wildman–Crippen LogP) is 3.67. The summed E-state index contributed by atoms with van der Waals surface area (Å²) < 4.78 is 0. The van der Waals surface area contributed by atoms with Gasteiger partial charge in [-0.3, -0.25) is 4.90 Å². The number of hydrogen-bond donors (Lipinski definition) is 1. The number of H-pyrrole nitrogens is 1. The van der Waals surface area contributed by atoms with Gasteiger partial charge >= 0.3 is 0 Å². The molecular weight excluding hydrogens is 322 g/mol. The van der Waals surface area contributed by atoms with Crippen molar-refractivity contribution in [2.75, 3.05) is 6.54 Å². The molecule has 1 atom stereocenters. The summed E-state index contributed by atoms with van der Waals surface area (Å²) in [5, 5.41) is 0. The Morgan fingerprint density at radius 1 is 1.15 bits per heavy atom. The Balaban J connectivity index is 1.60. The third kappa shape index (κ3) is 3.53. The minimum Gasteiger partial charge on any atom is -0.348 e. The van der Waals surface area contributed by atoms with Gasteiger partial charge in [0.25, 0.3) is 0 Å². The molecule has 0 saturated carbocycles. The van der Waals surface area contributed by atoms with Gasteiger partial charge in [-0.25, -0.2) is 15.0 Å². The first-order chi connectivity index (χ1) is 12.7. The standard InChI is InChI=1S/C21H25N5/c1-15(2)21-22-10-8-17(25-21)13-26-11-9-18-20(24-14-23-18)19(26)12-16-6-4-3-5-7-16/h3-8,10,14-15,19H,9,11-13H2,1-2H3,(H,23,24)/t19-/m0/s1. The van der Waals surface area contributed by atoms with E-state index < -0.39 is 0 Å². The van der Waals surface area contributed by atoms with Gasteiger partial charge in [0.15, 0.2) is 0 Å². The Kier molecular flexibility index (Phi) is 4.80. The molecule has 2 aromatic heterocycles. The molecule has 4 rings (SSSR count). The molecule has 26 heavy (non-hydrogen) atoms. The molecule has 0 bridgehead atoms. The van der Waals surface area contributed by atoms with E-state index in [-0.39, 0.29) is 6.04 Å². The van der Waals surface area contributed by atoms with Gasteiger partial charge in [0.1, 0.15) is 5.82 Å². The zero-order valence-corrected chi connectivity index (χ0v) is 15.4. The van der Waals surface area contributed by atoms with Crippen LogP contribution >= 0.6 is 0 Å². The summed E-state index contributed by atoms with van der Waals surface area (Å²) in [6.45, 7) is 6.10. The molecule has 0 spiro atoms. The quantitative estimate of drug-likeness (QED) is 0.765. The van der Waals surface area contributed by atoms with E-state index in [2.05, 4.69) is 64.0 Å². The lowest BCUT2D eigenvalue weighted by Gasteiger charge is -2.35. The van der Waals surface area contributed by atoms with Crippen molar-refractivity contribution in [1.29, 1.82) is 0 Å². The van der Waals surface area contributed by atoms with Gasteiger partial charge in [-0.1, -0.05) is 44.2 Å². The fourth-order valence-electron chi connectivity index (χ4n) is 3.64. The number of nitrogens with one attached hydrogen (secondary N) is 1. The van der Waals surface area contributed by atoms with Crippen LogP contribution in [0.15, 0.2) is 48.9 Å². The Morgan fingerprint density at radius 3 is 2.81 bits per heavy atom. The first-order valence-electron chi connectivity index (χ1n) is 9.32. The highest BCUT2D eigenvalue weighted by molar-refractivity contribution is 5.25. The molecule has 0 radical (unpaired) electrons. The molecule has 0 fully saturated rings. The minimum atomic E-state index is 0.268. The number of benzene rings is 1. The summed E-state index contributed by atoms with van der Waals surface area (Å²) in [6.07, 6.45) is 5.67. The maximum Gasteiger partial charge on any atom is 0.131 e. The summed E-state index contributed by atoms with van der Waals surface area (Å²) in [7, 11) is 0. The van der Waals surface area contributed by atoms with Gasteiger partial charge in [0.05, 0.1) is 23.8 Å². The third-order valence-corrected chi connectivity index (χ3v) is 5.04. The Labute approximate surface area is 154 Å². The molecule has 5 nitrogen and oxygen atoms in total. The maximum absolute atomic E-state index is 4.77. The van der Waals surface area contributed by atoms with Crippen LogP contribution in [0.1, 0.15) is 54.3 Å². The van der Waals surface area contributed by atoms with Gasteiger partial charge < -0.3 is 4.98 Å². The molecule has 134 valence electrons. The highest BCUT2D eigenvalue weighted by Gasteiger charge is 2.30. The smallest absolute Gasteiger partial charge is 0.131 e. The summed E-state index contributed by atoms with van der Waals surface area (Å²) in [6, 6.07) is 13.0. The van der Waals surface area contributed by atoms with Crippen LogP contribution < -0.4 is 0 Å². The lowest BCUT2D eigenvalue weighted by atomic mass is 9.96. The van der Waals surface area contributed by atoms with E-state index in [9.17, 15) is 0 Å². The molecule has 0 amide bonds. The molecule has 0 unspecified atom stereocenters. The van der Waals surface area contributed by atoms with E-state index in [0.29, 0.717) is 5.92 Å². The van der Waals surface area contributed by atoms with Crippen molar-refractivity contribution in [2.45, 2.75) is 45.2 Å². The zero-order chi connectivity index (χ0) is 17.9. The van der Waals surface area contributed by atoms with Gasteiger partial charge in [-0.15, -0.1) is 0 Å². The van der Waals surface area contributed by atoms with Crippen LogP contribution in [0.5, 0.6) is 0 Å². The van der Waals surface area contributed by atoms with Crippen molar-refractivity contribution in [3.05, 3.63) is 77.4 Å². The van der Waals surface area contributed by atoms with Crippen LogP contribution in [0.2, 0.25) is 0 Å². The Bertz CT molecular complexity index is 856. The van der Waals surface area contributed by atoms with Crippen LogP contribution in [0, 0.1) is 0 Å². The number of aromatic nitrogens is 4. The summed E-state index contributed by atoms with van der Waals surface area (Å²) in [5.41, 5.74) is 4.87. The topological polar surface area (TPSA) is 57.7 Å². The normalized spacial score (nSPS) is 17.4. The maximum atomic E-state index is 4.77.